The topological polar surface area (TPSA) is 401 Å². The number of aliphatic hydroxyl groups is 8. The van der Waals surface area contributed by atoms with Crippen molar-refractivity contribution in [2.24, 2.45) is 114 Å². The number of esters is 6. The van der Waals surface area contributed by atoms with Crippen molar-refractivity contribution in [3.63, 3.8) is 0 Å². The van der Waals surface area contributed by atoms with Crippen LogP contribution in [0.4, 0.5) is 0 Å². The average Bonchev–Trinajstić information content (AvgIpc) is 1.71. The summed E-state index contributed by atoms with van der Waals surface area (Å²) < 4.78 is 51.1. The Morgan fingerprint density at radius 3 is 1.16 bits per heavy atom. The van der Waals surface area contributed by atoms with E-state index in [4.69, 9.17) is 36.1 Å². The van der Waals surface area contributed by atoms with Crippen LogP contribution in [-0.4, -0.2) is 188 Å². The van der Waals surface area contributed by atoms with E-state index in [0.29, 0.717) is 54.3 Å². The van der Waals surface area contributed by atoms with E-state index in [1.54, 1.807) is 0 Å². The zero-order chi connectivity index (χ0) is 84.5. The second-order valence-corrected chi connectivity index (χ2v) is 40.7. The predicted molar refractivity (Wildman–Crippen MR) is 440 cm³/mol. The van der Waals surface area contributed by atoms with Crippen LogP contribution in [0.25, 0.3) is 0 Å². The van der Waals surface area contributed by atoms with Crippen LogP contribution in [0.15, 0.2) is 46.6 Å². The van der Waals surface area contributed by atoms with Gasteiger partial charge in [-0.1, -0.05) is 93.5 Å². The third-order valence-electron chi connectivity index (χ3n) is 34.1. The molecule has 27 heteroatoms. The standard InChI is InChI=1S/C25H36O7.C25H36O6.C19H30O4.C19H30O3.C2H3ClO.2CH4.Na.O2Se.H2O/c1-13(26)30-19-9-11-24(4)17-8-10-25(5)16(6-7-21(25)32-15(3)28)22(17)20(31-14(2)27)12-18(24)23(19)29;1-14(26)29-18-8-10-24(4)17(12-18)13-21(30-15(2)27)23-19-6-7-22(31-16(3)28)25(19,5)11-9-20(23)24;1-18-8-6-13(20)17(23)12(18)9-14(21)16-10-3-4-15(22)19(10,2)7-5-11(16)18;1-18-7-5-12(20)9-11(18)10-15(21)17-13-3-4-16(22)19(13,2)8-6-14(17)18;1-2(3)4;;;;1-3-2;/h12,16-17,19-23,29H,6-11H2,1-5H3;13,18-23H,6-12H2,1-5H3;9-11,13-17,20-23H,3-8H2,1-2H3;10,12-17,20-22H,3-9H2,1-2H3;1H3;2*1H4;;;1H2/q;;;;;;;+1;;/p-1/t16?,17?,19-,20-,21-,22?,23+,24?,25?;18-,19?,20?,21-,22-,23?,24?,25?;10?,11?,13-,14-,15-,16?,17+,18?,19?;12-,13?,14?,15-,16-,17?,18?,19?;;;;;;/m0000....../s1. The van der Waals surface area contributed by atoms with Gasteiger partial charge in [0.05, 0.1) is 36.6 Å². The largest absolute Gasteiger partial charge is 1.00 e. The van der Waals surface area contributed by atoms with Gasteiger partial charge in [-0.2, -0.15) is 0 Å². The monoisotopic (exact) mass is 1770 g/mol. The summed E-state index contributed by atoms with van der Waals surface area (Å²) in [5.41, 5.74) is 3.74. The van der Waals surface area contributed by atoms with Crippen molar-refractivity contribution >= 4 is 67.5 Å². The first kappa shape index (κ1) is 103. The van der Waals surface area contributed by atoms with Crippen molar-refractivity contribution < 1.29 is 146 Å². The molecule has 16 rings (SSSR count). The van der Waals surface area contributed by atoms with Crippen LogP contribution in [0, 0.1) is 114 Å². The van der Waals surface area contributed by atoms with Gasteiger partial charge >= 0.3 is 87.9 Å². The van der Waals surface area contributed by atoms with Crippen molar-refractivity contribution in [1.29, 1.82) is 0 Å². The smallest absolute Gasteiger partial charge is 0.870 e. The summed E-state index contributed by atoms with van der Waals surface area (Å²) in [6.07, 6.45) is 25.9. The third kappa shape index (κ3) is 19.5. The number of carbonyl (C=O) groups is 7. The molecule has 670 valence electrons. The van der Waals surface area contributed by atoms with Gasteiger partial charge in [0.1, 0.15) is 48.8 Å². The minimum absolute atomic E-state index is 0. The Morgan fingerprint density at radius 2 is 0.714 bits per heavy atom. The molecule has 0 aromatic carbocycles. The van der Waals surface area contributed by atoms with E-state index >= 15 is 0 Å². The molecule has 34 atom stereocenters. The third-order valence-corrected chi connectivity index (χ3v) is 34.1. The Hall–Kier alpha value is -3.50. The molecule has 0 aromatic rings. The molecule has 12 saturated carbocycles. The zero-order valence-electron chi connectivity index (χ0n) is 72.1. The van der Waals surface area contributed by atoms with E-state index in [2.05, 4.69) is 79.1 Å². The van der Waals surface area contributed by atoms with Crippen molar-refractivity contribution in [2.45, 2.75) is 371 Å². The first-order valence-corrected chi connectivity index (χ1v) is 45.0. The molecule has 0 spiro atoms. The van der Waals surface area contributed by atoms with Gasteiger partial charge in [-0.15, -0.1) is 0 Å². The molecule has 16 aliphatic rings. The van der Waals surface area contributed by atoms with Gasteiger partial charge in [-0.05, 0) is 287 Å². The minimum atomic E-state index is -1.62. The van der Waals surface area contributed by atoms with Crippen LogP contribution in [0.3, 0.4) is 0 Å². The number of fused-ring (bicyclic) bond motifs is 20. The van der Waals surface area contributed by atoms with E-state index in [1.165, 1.54) is 59.6 Å². The summed E-state index contributed by atoms with van der Waals surface area (Å²) in [5.74, 6) is 1.95. The van der Waals surface area contributed by atoms with Crippen molar-refractivity contribution in [2.75, 3.05) is 0 Å². The first-order chi connectivity index (χ1) is 53.8. The summed E-state index contributed by atoms with van der Waals surface area (Å²) in [6, 6.07) is 0. The van der Waals surface area contributed by atoms with E-state index in [1.807, 2.05) is 12.2 Å². The number of hydrogen-bond acceptors (Lipinski definition) is 24. The van der Waals surface area contributed by atoms with Crippen LogP contribution in [-0.2, 0) is 69.7 Å². The average molecular weight is 1770 g/mol. The number of hydrogen-bond donors (Lipinski definition) is 8. The Kier molecular flexibility index (Phi) is 34.3. The SMILES string of the molecule is C.C.CC(=O)Cl.CC(=O)O[C@H]1C=C2[C@@H](O)[C@@H](OC(C)=O)CCC2(C)C2CCC3(C)C(CC[C@@H]3OC(C)=O)C21.CC(=O)O[C@H]1CCC2(C)C(=C[C@H](OC(C)=O)C3C2CCC2(C)C3CC[C@@H]2OC(C)=O)C1.CC12CC[C@H](O)CC1=C[C@H](O)C1C2CCC2(C)C1CC[C@@H]2O.CC12CC[C@H](O)[C@H](O)C1=C[C@H](O)C1C2CCC2(C)C1CC[C@@H]2O.O=[Se]=O.[Na+].[OH-]. The van der Waals surface area contributed by atoms with Gasteiger partial charge in [-0.3, -0.25) is 33.6 Å². The van der Waals surface area contributed by atoms with Gasteiger partial charge in [-0.25, -0.2) is 0 Å². The number of carbonyl (C=O) groups excluding carboxylic acids is 7. The van der Waals surface area contributed by atoms with Crippen molar-refractivity contribution in [3.8, 4) is 0 Å². The molecule has 0 aliphatic heterocycles. The molecule has 119 heavy (non-hydrogen) atoms. The molecule has 16 aliphatic carbocycles. The minimum Gasteiger partial charge on any atom is -0.870 e. The Bertz CT molecular complexity index is 3800. The molecule has 12 fully saturated rings. The summed E-state index contributed by atoms with van der Waals surface area (Å²) >= 11 is 3.01. The molecule has 0 heterocycles. The fraction of sp³-hybridized carbons (Fsp3) is 0.837. The number of halogens is 1. The van der Waals surface area contributed by atoms with Crippen LogP contribution < -0.4 is 29.6 Å². The Morgan fingerprint density at radius 1 is 0.370 bits per heavy atom. The van der Waals surface area contributed by atoms with Gasteiger partial charge in [0.25, 0.3) is 0 Å². The van der Waals surface area contributed by atoms with E-state index in [0.717, 1.165) is 165 Å². The molecule has 0 bridgehead atoms. The molecule has 0 amide bonds. The molecule has 0 aromatic heterocycles. The Labute approximate surface area is 740 Å². The fourth-order valence-electron chi connectivity index (χ4n) is 28.5. The molecular weight excluding hydrogens is 1630 g/mol. The molecule has 9 N–H and O–H groups in total. The van der Waals surface area contributed by atoms with Gasteiger partial charge in [0.15, 0.2) is 0 Å². The zero-order valence-corrected chi connectivity index (χ0v) is 76.6. The summed E-state index contributed by atoms with van der Waals surface area (Å²) in [7, 11) is 0. The van der Waals surface area contributed by atoms with Gasteiger partial charge in [0, 0.05) is 77.6 Å². The Balaban J connectivity index is 0.000000213. The second kappa shape index (κ2) is 39.8. The second-order valence-electron chi connectivity index (χ2n) is 39.9. The van der Waals surface area contributed by atoms with Crippen molar-refractivity contribution in [1.82, 2.24) is 0 Å². The summed E-state index contributed by atoms with van der Waals surface area (Å²) in [6.45, 7) is 28.0. The van der Waals surface area contributed by atoms with Crippen LogP contribution in [0.1, 0.15) is 286 Å². The van der Waals surface area contributed by atoms with Crippen LogP contribution >= 0.6 is 11.6 Å². The number of aliphatic hydroxyl groups excluding tert-OH is 8. The van der Waals surface area contributed by atoms with E-state index < -0.39 is 63.5 Å². The predicted octanol–water partition coefficient (Wildman–Crippen LogP) is 10.2. The number of ether oxygens (including phenoxy) is 6. The molecule has 24 nitrogen and oxygen atoms in total. The number of rotatable bonds is 6. The molecule has 0 saturated heterocycles. The van der Waals surface area contributed by atoms with Gasteiger partial charge < -0.3 is 74.7 Å². The molecular formula is C92H144ClNaO24Se. The van der Waals surface area contributed by atoms with Crippen LogP contribution in [0.2, 0.25) is 0 Å². The maximum absolute atomic E-state index is 12.0. The van der Waals surface area contributed by atoms with Gasteiger partial charge in [0.2, 0.25) is 5.24 Å². The molecule has 0 radical (unpaired) electrons. The maximum Gasteiger partial charge on any atom is 1.00 e. The molecule has 20 unspecified atom stereocenters. The summed E-state index contributed by atoms with van der Waals surface area (Å²) in [5, 5.41) is 83.9. The summed E-state index contributed by atoms with van der Waals surface area (Å²) in [4.78, 5) is 79.8. The van der Waals surface area contributed by atoms with Crippen molar-refractivity contribution in [3.05, 3.63) is 46.6 Å². The maximum atomic E-state index is 12.0. The normalized spacial score (nSPS) is 45.8. The quantitative estimate of drug-likeness (QED) is 0.0403. The van der Waals surface area contributed by atoms with E-state index in [9.17, 15) is 74.4 Å². The first-order valence-electron chi connectivity index (χ1n) is 43.2. The van der Waals surface area contributed by atoms with Crippen LogP contribution in [0.5, 0.6) is 0 Å². The van der Waals surface area contributed by atoms with E-state index in [-0.39, 0.29) is 201 Å². The fourth-order valence-corrected chi connectivity index (χ4v) is 28.5.